The minimum absolute atomic E-state index is 1.08. The van der Waals surface area contributed by atoms with Gasteiger partial charge < -0.3 is 0 Å². The lowest BCUT2D eigenvalue weighted by Crippen LogP contribution is -1.96. The number of hydrogen-bond donors (Lipinski definition) is 0. The number of unbranched alkanes of at least 4 members (excludes halogenated alkanes) is 24. The van der Waals surface area contributed by atoms with Crippen LogP contribution in [0.15, 0.2) is 194 Å². The highest BCUT2D eigenvalue weighted by molar-refractivity contribution is 6.25. The molecule has 1 aliphatic carbocycles. The van der Waals surface area contributed by atoms with Crippen LogP contribution in [0.3, 0.4) is 0 Å². The first-order valence-electron chi connectivity index (χ1n) is 49.0. The zero-order valence-electron chi connectivity index (χ0n) is 74.8. The lowest BCUT2D eigenvalue weighted by molar-refractivity contribution is 0.668. The molecule has 0 nitrogen and oxygen atoms in total. The summed E-state index contributed by atoms with van der Waals surface area (Å²) in [5, 5.41) is 33.9. The molecule has 0 unspecified atom stereocenters. The van der Waals surface area contributed by atoms with Crippen molar-refractivity contribution in [3.05, 3.63) is 239 Å². The standard InChI is InChI=1S/C120H136/c1-9-17-25-33-41-89-73-113-106-66-82-50-58-98(106)90(42-34-26-18-10-2)74-114(113)105-65-81(49-57-97(89)105)83-51-59-99-91(43-35-27-19-11-3)76-117-109-69-85(53-61-101(109)92(44-36-28-20-12-4)75-115(117)107(99)67-83)87-55-63-103-95(47-39-31-23-15-7)80-120-112-72-88(56-64-104(112)96(48-40-32-24-16-8)79-119(120)111(103)71-87)86-54-62-102-94(46-38-30-22-14-6)77-116-108-68-84(82)52-60-100(108)93(45-37-29-21-13-5)78-118(116)110(102)70-86/h49-80H,9-48H2,1-8H3. The summed E-state index contributed by atoms with van der Waals surface area (Å²) in [5.74, 6) is 0. The van der Waals surface area contributed by atoms with E-state index >= 15 is 0 Å². The highest BCUT2D eigenvalue weighted by atomic mass is 14.3. The van der Waals surface area contributed by atoms with Gasteiger partial charge in [0.15, 0.2) is 0 Å². The van der Waals surface area contributed by atoms with Crippen molar-refractivity contribution in [1.29, 1.82) is 0 Å². The summed E-state index contributed by atoms with van der Waals surface area (Å²) in [4.78, 5) is 0. The molecule has 16 aromatic rings. The Morgan fingerprint density at radius 2 is 0.217 bits per heavy atom. The molecule has 0 heterocycles. The van der Waals surface area contributed by atoms with E-state index in [1.54, 1.807) is 0 Å². The fraction of sp³-hybridized carbons (Fsp3) is 0.400. The molecule has 16 aromatic carbocycles. The van der Waals surface area contributed by atoms with Gasteiger partial charge in [-0.25, -0.2) is 0 Å². The topological polar surface area (TPSA) is 0 Å². The molecule has 0 N–H and O–H groups in total. The van der Waals surface area contributed by atoms with E-state index in [1.165, 1.54) is 424 Å². The van der Waals surface area contributed by atoms with E-state index in [1.807, 2.05) is 0 Å². The molecule has 0 heteroatoms. The minimum atomic E-state index is 1.08. The molecule has 0 aromatic heterocycles. The fourth-order valence-corrected chi connectivity index (χ4v) is 21.8. The van der Waals surface area contributed by atoms with Crippen LogP contribution in [-0.2, 0) is 51.4 Å². The molecule has 0 amide bonds. The van der Waals surface area contributed by atoms with Crippen LogP contribution in [0, 0.1) is 0 Å². The highest BCUT2D eigenvalue weighted by Crippen LogP contribution is 2.48. The number of aryl methyl sites for hydroxylation is 8. The van der Waals surface area contributed by atoms with Gasteiger partial charge in [0.2, 0.25) is 0 Å². The summed E-state index contributed by atoms with van der Waals surface area (Å²) >= 11 is 0. The SMILES string of the molecule is CCCCCCc1cc2c3cc4ccc3c(CCCCCC)cc2c2cc(ccc12)-c1ccc2c(CCCCCC)cc3c5cc(ccc5c(CCCCCC)cc3c2c1)-c1ccc2c(CCCCCC)cc3c5cc(ccc5c(CCCCCC)cc3c2c1)-c1ccc2c(CCCCCC)cc3c5cc-4ccc5c(CCCCCC)cc3c2c1. The first-order chi connectivity index (χ1) is 59.2. The van der Waals surface area contributed by atoms with Crippen molar-refractivity contribution < 1.29 is 0 Å². The summed E-state index contributed by atoms with van der Waals surface area (Å²) in [6.45, 7) is 18.9. The van der Waals surface area contributed by atoms with Crippen molar-refractivity contribution in [3.8, 4) is 44.5 Å². The molecule has 616 valence electrons. The largest absolute Gasteiger partial charge is 0.0654 e. The van der Waals surface area contributed by atoms with E-state index in [0.29, 0.717) is 0 Å². The van der Waals surface area contributed by atoms with Crippen molar-refractivity contribution in [2.24, 2.45) is 0 Å². The number of hydrogen-bond acceptors (Lipinski definition) is 0. The van der Waals surface area contributed by atoms with Crippen molar-refractivity contribution in [3.63, 3.8) is 0 Å². The zero-order valence-corrected chi connectivity index (χ0v) is 74.8. The number of benzene rings is 16. The van der Waals surface area contributed by atoms with Gasteiger partial charge in [0, 0.05) is 0 Å². The van der Waals surface area contributed by atoms with Gasteiger partial charge in [0.1, 0.15) is 0 Å². The fourth-order valence-electron chi connectivity index (χ4n) is 21.8. The van der Waals surface area contributed by atoms with Crippen LogP contribution < -0.4 is 0 Å². The van der Waals surface area contributed by atoms with Crippen LogP contribution in [0.2, 0.25) is 0 Å². The summed E-state index contributed by atoms with van der Waals surface area (Å²) in [7, 11) is 0. The van der Waals surface area contributed by atoms with Crippen LogP contribution in [-0.4, -0.2) is 0 Å². The maximum atomic E-state index is 2.68. The van der Waals surface area contributed by atoms with Crippen LogP contribution >= 0.6 is 0 Å². The predicted molar refractivity (Wildman–Crippen MR) is 535 cm³/mol. The quantitative estimate of drug-likeness (QED) is 0.0265. The molecule has 17 rings (SSSR count). The van der Waals surface area contributed by atoms with E-state index in [-0.39, 0.29) is 0 Å². The maximum Gasteiger partial charge on any atom is -0.00958 e. The number of rotatable bonds is 40. The summed E-state index contributed by atoms with van der Waals surface area (Å²) in [6, 6.07) is 83.1. The van der Waals surface area contributed by atoms with Gasteiger partial charge in [-0.3, -0.25) is 0 Å². The van der Waals surface area contributed by atoms with Crippen molar-refractivity contribution >= 4 is 129 Å². The van der Waals surface area contributed by atoms with Crippen molar-refractivity contribution in [2.45, 2.75) is 312 Å². The van der Waals surface area contributed by atoms with Gasteiger partial charge in [0.25, 0.3) is 0 Å². The van der Waals surface area contributed by atoms with E-state index in [2.05, 4.69) is 250 Å². The van der Waals surface area contributed by atoms with Gasteiger partial charge >= 0.3 is 0 Å². The molecule has 0 aliphatic heterocycles. The number of fused-ring (bicyclic) bond motifs is 12. The molecule has 1 aliphatic rings. The molecule has 0 spiro atoms. The maximum absolute atomic E-state index is 2.68. The minimum Gasteiger partial charge on any atom is -0.0654 e. The van der Waals surface area contributed by atoms with E-state index < -0.39 is 0 Å². The smallest absolute Gasteiger partial charge is 0.00958 e. The van der Waals surface area contributed by atoms with Gasteiger partial charge in [0.05, 0.1) is 0 Å². The average Bonchev–Trinajstić information content (AvgIpc) is 0.734. The average molecular weight is 1580 g/mol. The van der Waals surface area contributed by atoms with Crippen molar-refractivity contribution in [2.75, 3.05) is 0 Å². The van der Waals surface area contributed by atoms with Crippen LogP contribution in [0.25, 0.3) is 174 Å². The Balaban J connectivity index is 0.988. The monoisotopic (exact) mass is 1580 g/mol. The third kappa shape index (κ3) is 17.2. The Hall–Kier alpha value is -9.36. The van der Waals surface area contributed by atoms with Gasteiger partial charge in [-0.05, 0) is 418 Å². The summed E-state index contributed by atoms with van der Waals surface area (Å²) in [6.07, 6.45) is 48.3. The van der Waals surface area contributed by atoms with Crippen molar-refractivity contribution in [1.82, 2.24) is 0 Å². The van der Waals surface area contributed by atoms with Crippen LogP contribution in [0.4, 0.5) is 0 Å². The first kappa shape index (κ1) is 82.9. The normalized spacial score (nSPS) is 12.3. The lowest BCUT2D eigenvalue weighted by Gasteiger charge is -2.19. The Morgan fingerprint density at radius 3 is 0.325 bits per heavy atom. The zero-order chi connectivity index (χ0) is 82.0. The Kier molecular flexibility index (Phi) is 26.8. The summed E-state index contributed by atoms with van der Waals surface area (Å²) < 4.78 is 0. The second kappa shape index (κ2) is 38.8. The van der Waals surface area contributed by atoms with Gasteiger partial charge in [-0.1, -0.05) is 307 Å². The Labute approximate surface area is 719 Å². The first-order valence-corrected chi connectivity index (χ1v) is 49.0. The van der Waals surface area contributed by atoms with E-state index in [4.69, 9.17) is 0 Å². The molecule has 0 atom stereocenters. The Bertz CT molecular complexity index is 5240. The molecule has 0 saturated heterocycles. The van der Waals surface area contributed by atoms with E-state index in [0.717, 1.165) is 51.4 Å². The van der Waals surface area contributed by atoms with Gasteiger partial charge in [-0.2, -0.15) is 0 Å². The molecule has 120 heavy (non-hydrogen) atoms. The third-order valence-corrected chi connectivity index (χ3v) is 28.7. The highest BCUT2D eigenvalue weighted by Gasteiger charge is 2.23. The lowest BCUT2D eigenvalue weighted by atomic mass is 9.84. The molecule has 24 bridgehead atoms. The third-order valence-electron chi connectivity index (χ3n) is 28.7. The van der Waals surface area contributed by atoms with Crippen LogP contribution in [0.1, 0.15) is 305 Å². The molecular weight excluding hydrogens is 1440 g/mol. The second-order valence-electron chi connectivity index (χ2n) is 37.2. The van der Waals surface area contributed by atoms with Gasteiger partial charge in [-0.15, -0.1) is 0 Å². The predicted octanol–water partition coefficient (Wildman–Crippen LogP) is 37.5. The Morgan fingerprint density at radius 1 is 0.108 bits per heavy atom. The second-order valence-corrected chi connectivity index (χ2v) is 37.2. The van der Waals surface area contributed by atoms with E-state index in [9.17, 15) is 0 Å². The molecule has 0 radical (unpaired) electrons. The molecule has 0 fully saturated rings. The molecule has 0 saturated carbocycles. The molecular formula is C120H136. The summed E-state index contributed by atoms with van der Waals surface area (Å²) in [5.41, 5.74) is 22.5. The van der Waals surface area contributed by atoms with Crippen LogP contribution in [0.5, 0.6) is 0 Å².